The smallest absolute Gasteiger partial charge is 0.268 e. The first-order chi connectivity index (χ1) is 21.2. The number of carbonyl (C=O) groups excluding carboxylic acids is 1. The lowest BCUT2D eigenvalue weighted by Gasteiger charge is -2.18. The van der Waals surface area contributed by atoms with Gasteiger partial charge in [0.25, 0.3) is 21.5 Å². The number of nitrogens with zero attached hydrogens (tertiary/aromatic N) is 5. The lowest BCUT2D eigenvalue weighted by molar-refractivity contribution is -0.137. The zero-order chi connectivity index (χ0) is 32.7. The highest BCUT2D eigenvalue weighted by atomic mass is 32.2. The molecular weight excluding hydrogens is 613 g/mol. The quantitative estimate of drug-likeness (QED) is 0.276. The lowest BCUT2D eigenvalue weighted by atomic mass is 10.1. The molecule has 2 heterocycles. The molecule has 0 atom stereocenters. The van der Waals surface area contributed by atoms with E-state index in [1.807, 2.05) is 4.72 Å². The molecule has 0 bridgehead atoms. The summed E-state index contributed by atoms with van der Waals surface area (Å²) in [6.07, 6.45) is -3.84. The highest BCUT2D eigenvalue weighted by Gasteiger charge is 2.33. The molecule has 1 N–H and O–H groups in total. The van der Waals surface area contributed by atoms with E-state index in [9.17, 15) is 36.0 Å². The molecule has 5 rings (SSSR count). The van der Waals surface area contributed by atoms with E-state index >= 15 is 0 Å². The van der Waals surface area contributed by atoms with Gasteiger partial charge in [0.1, 0.15) is 10.6 Å². The second-order valence-corrected chi connectivity index (χ2v) is 11.3. The molecule has 0 aliphatic heterocycles. The molecule has 0 spiro atoms. The van der Waals surface area contributed by atoms with E-state index in [4.69, 9.17) is 6.57 Å². The molecule has 0 aliphatic rings. The van der Waals surface area contributed by atoms with Gasteiger partial charge in [0.2, 0.25) is 0 Å². The molecular formula is C30H21F3N6O5S. The Labute approximate surface area is 253 Å². The number of nitrogens with one attached hydrogen (secondary N) is 1. The minimum atomic E-state index is -4.76. The van der Waals surface area contributed by atoms with Crippen molar-refractivity contribution in [2.75, 3.05) is 0 Å². The average molecular weight is 635 g/mol. The highest BCUT2D eigenvalue weighted by molar-refractivity contribution is 7.90. The predicted molar refractivity (Wildman–Crippen MR) is 157 cm³/mol. The summed E-state index contributed by atoms with van der Waals surface area (Å²) in [7, 11) is -3.67. The Morgan fingerprint density at radius 3 is 2.24 bits per heavy atom. The molecule has 2 aromatic heterocycles. The highest BCUT2D eigenvalue weighted by Crippen LogP contribution is 2.33. The van der Waals surface area contributed by atoms with Gasteiger partial charge in [-0.1, -0.05) is 36.4 Å². The van der Waals surface area contributed by atoms with Crippen molar-refractivity contribution in [2.24, 2.45) is 7.05 Å². The van der Waals surface area contributed by atoms with Gasteiger partial charge in [-0.25, -0.2) is 27.5 Å². The van der Waals surface area contributed by atoms with Crippen LogP contribution in [0.1, 0.15) is 21.6 Å². The number of alkyl halides is 3. The lowest BCUT2D eigenvalue weighted by Crippen LogP contribution is -2.40. The van der Waals surface area contributed by atoms with Crippen LogP contribution in [0, 0.1) is 13.5 Å². The first kappa shape index (κ1) is 30.7. The van der Waals surface area contributed by atoms with Crippen molar-refractivity contribution in [2.45, 2.75) is 18.0 Å². The summed E-state index contributed by atoms with van der Waals surface area (Å²) in [5.41, 5.74) is -3.76. The maximum absolute atomic E-state index is 13.7. The molecule has 5 aromatic rings. The van der Waals surface area contributed by atoms with Crippen molar-refractivity contribution in [1.29, 1.82) is 0 Å². The fourth-order valence-electron chi connectivity index (χ4n) is 4.66. The van der Waals surface area contributed by atoms with E-state index in [2.05, 4.69) is 9.94 Å². The van der Waals surface area contributed by atoms with E-state index in [1.165, 1.54) is 61.5 Å². The Kier molecular flexibility index (Phi) is 7.77. The number of hydrogen-bond acceptors (Lipinski definition) is 6. The van der Waals surface area contributed by atoms with Crippen molar-refractivity contribution in [3.05, 3.63) is 134 Å². The van der Waals surface area contributed by atoms with Crippen molar-refractivity contribution in [3.8, 4) is 22.6 Å². The van der Waals surface area contributed by atoms with Crippen LogP contribution in [0.2, 0.25) is 0 Å². The molecule has 3 aromatic carbocycles. The zero-order valence-electron chi connectivity index (χ0n) is 23.4. The summed E-state index contributed by atoms with van der Waals surface area (Å²) in [6, 6.07) is 17.0. The molecule has 228 valence electrons. The van der Waals surface area contributed by atoms with Gasteiger partial charge in [0, 0.05) is 18.3 Å². The van der Waals surface area contributed by atoms with Gasteiger partial charge in [-0.15, -0.1) is 0 Å². The largest absolute Gasteiger partial charge is 0.416 e. The number of sulfonamides is 1. The van der Waals surface area contributed by atoms with Crippen molar-refractivity contribution >= 4 is 21.6 Å². The summed E-state index contributed by atoms with van der Waals surface area (Å²) >= 11 is 0. The van der Waals surface area contributed by atoms with Crippen molar-refractivity contribution in [3.63, 3.8) is 0 Å². The molecule has 0 aliphatic carbocycles. The summed E-state index contributed by atoms with van der Waals surface area (Å²) in [6.45, 7) is 8.49. The Morgan fingerprint density at radius 1 is 0.956 bits per heavy atom. The van der Waals surface area contributed by atoms with Crippen LogP contribution in [0.25, 0.3) is 27.5 Å². The molecule has 0 fully saturated rings. The number of aromatic nitrogens is 4. The van der Waals surface area contributed by atoms with Crippen LogP contribution >= 0.6 is 0 Å². The van der Waals surface area contributed by atoms with Gasteiger partial charge in [-0.2, -0.15) is 18.3 Å². The number of benzene rings is 3. The predicted octanol–water partition coefficient (Wildman–Crippen LogP) is 4.39. The van der Waals surface area contributed by atoms with Crippen molar-refractivity contribution < 1.29 is 26.4 Å². The van der Waals surface area contributed by atoms with Crippen LogP contribution < -0.4 is 16.0 Å². The second-order valence-electron chi connectivity index (χ2n) is 9.69. The summed E-state index contributed by atoms with van der Waals surface area (Å²) in [4.78, 5) is 42.6. The Hall–Kier alpha value is -5.75. The summed E-state index contributed by atoms with van der Waals surface area (Å²) < 4.78 is 72.6. The Balaban J connectivity index is 1.81. The first-order valence-corrected chi connectivity index (χ1v) is 14.4. The van der Waals surface area contributed by atoms with Gasteiger partial charge in [-0.05, 0) is 49.4 Å². The monoisotopic (exact) mass is 634 g/mol. The summed E-state index contributed by atoms with van der Waals surface area (Å²) in [5.74, 6) is -0.978. The SMILES string of the molecule is [C-]#[N+]c1ccc(-n2ncc(S(=O)(=O)NC(=O)c3ccccc3)c2-c2c(C)n(-c3cccc(C(F)(F)F)c3)c(=O)n(C)c2=O)cc1. The first-order valence-electron chi connectivity index (χ1n) is 12.9. The average Bonchev–Trinajstić information content (AvgIpc) is 3.46. The van der Waals surface area contributed by atoms with Gasteiger partial charge in [0.15, 0.2) is 5.69 Å². The maximum atomic E-state index is 13.7. The molecule has 1 amide bonds. The van der Waals surface area contributed by atoms with Crippen LogP contribution in [0.5, 0.6) is 0 Å². The molecule has 0 saturated carbocycles. The normalized spacial score (nSPS) is 11.6. The number of rotatable bonds is 6. The van der Waals surface area contributed by atoms with Crippen LogP contribution in [-0.4, -0.2) is 33.2 Å². The molecule has 0 saturated heterocycles. The number of amides is 1. The van der Waals surface area contributed by atoms with Gasteiger partial charge in [-0.3, -0.25) is 18.7 Å². The maximum Gasteiger partial charge on any atom is 0.416 e. The zero-order valence-corrected chi connectivity index (χ0v) is 24.2. The van der Waals surface area contributed by atoms with E-state index in [1.54, 1.807) is 6.07 Å². The molecule has 45 heavy (non-hydrogen) atoms. The van der Waals surface area contributed by atoms with Gasteiger partial charge < -0.3 is 0 Å². The fourth-order valence-corrected chi connectivity index (χ4v) is 5.76. The Bertz CT molecular complexity index is 2230. The van der Waals surface area contributed by atoms with Gasteiger partial charge in [0.05, 0.1) is 35.3 Å². The van der Waals surface area contributed by atoms with Crippen LogP contribution in [0.4, 0.5) is 18.9 Å². The van der Waals surface area contributed by atoms with E-state index in [0.717, 1.165) is 40.7 Å². The van der Waals surface area contributed by atoms with Crippen LogP contribution in [0.3, 0.4) is 0 Å². The number of hydrogen-bond donors (Lipinski definition) is 1. The van der Waals surface area contributed by atoms with Crippen molar-refractivity contribution in [1.82, 2.24) is 23.6 Å². The molecule has 15 heteroatoms. The second kappa shape index (κ2) is 11.4. The third kappa shape index (κ3) is 5.66. The standard InChI is InChI=1S/C30H21F3N6O5S/c1-18-25(28(41)37(3)29(42)38(18)23-11-7-10-20(16-23)30(31,32)33)26-24(17-35-39(26)22-14-12-21(34-2)13-15-22)45(43,44)36-27(40)19-8-5-4-6-9-19/h4-17H,1,3H3,(H,36,40). The number of halogens is 3. The van der Waals surface area contributed by atoms with E-state index in [0.29, 0.717) is 4.57 Å². The third-order valence-corrected chi connectivity index (χ3v) is 8.21. The molecule has 0 unspecified atom stereocenters. The Morgan fingerprint density at radius 2 is 1.62 bits per heavy atom. The van der Waals surface area contributed by atoms with E-state index in [-0.39, 0.29) is 34.0 Å². The minimum absolute atomic E-state index is 0.0231. The molecule has 11 nitrogen and oxygen atoms in total. The van der Waals surface area contributed by atoms with E-state index < -0.39 is 49.4 Å². The van der Waals surface area contributed by atoms with Gasteiger partial charge >= 0.3 is 11.9 Å². The topological polar surface area (TPSA) is 129 Å². The molecule has 0 radical (unpaired) electrons. The third-order valence-electron chi connectivity index (χ3n) is 6.87. The summed E-state index contributed by atoms with van der Waals surface area (Å²) in [5, 5.41) is 4.17. The fraction of sp³-hybridized carbons (Fsp3) is 0.100. The minimum Gasteiger partial charge on any atom is -0.268 e. The van der Waals surface area contributed by atoms with Crippen LogP contribution in [-0.2, 0) is 23.2 Å². The number of carbonyl (C=O) groups is 1. The van der Waals surface area contributed by atoms with Crippen LogP contribution in [0.15, 0.2) is 99.5 Å².